The molecule has 0 amide bonds. The summed E-state index contributed by atoms with van der Waals surface area (Å²) in [5, 5.41) is 3.55. The summed E-state index contributed by atoms with van der Waals surface area (Å²) in [6.45, 7) is 0. The number of benzene rings is 8. The molecule has 54 heavy (non-hydrogen) atoms. The van der Waals surface area contributed by atoms with E-state index in [4.69, 9.17) is 21.4 Å². The molecule has 0 aliphatic heterocycles. The first kappa shape index (κ1) is 18.9. The second-order valence-corrected chi connectivity index (χ2v) is 14.5. The van der Waals surface area contributed by atoms with Crippen LogP contribution in [-0.4, -0.2) is 39.4 Å². The van der Waals surface area contributed by atoms with Crippen LogP contribution in [0.3, 0.4) is 0 Å². The van der Waals surface area contributed by atoms with E-state index < -0.39 is 134 Å². The average Bonchev–Trinajstić information content (AvgIpc) is 3.98. The van der Waals surface area contributed by atoms with E-state index in [9.17, 15) is 5.48 Å². The number of imidazole rings is 1. The number of aromatic amines is 1. The molecule has 0 aliphatic carbocycles. The van der Waals surface area contributed by atoms with Crippen LogP contribution in [0.15, 0.2) is 169 Å². The molecule has 11 rings (SSSR count). The fraction of sp³-hybridized carbons (Fsp3) is 0. The van der Waals surface area contributed by atoms with Crippen molar-refractivity contribution in [2.75, 3.05) is 0 Å². The van der Waals surface area contributed by atoms with Crippen molar-refractivity contribution in [3.63, 3.8) is 0 Å². The summed E-state index contributed by atoms with van der Waals surface area (Å²) in [4.78, 5) is 21.9. The summed E-state index contributed by atoms with van der Waals surface area (Å²) < 4.78 is 141. The van der Waals surface area contributed by atoms with Gasteiger partial charge in [-0.25, -0.2) is 0 Å². The number of hydrogen-bond acceptors (Lipinski definition) is 4. The SMILES string of the molecule is [2H]c1c([2H])c([2H])c(-c2nc(-c3c([2H])c([2H])c([2H])c([2H])c3[2H])nc(-c3c([2H])c([2H])c([2H])c4c3[se]c3c(-c5ccc6ccc7ccc8nc(-c9ccccc9)[nH]c8c7c6c5)c([2H])c([2H])c([2H])c34)n2)c([2H])c1[2H]. The zero-order valence-corrected chi connectivity index (χ0v) is 29.3. The van der Waals surface area contributed by atoms with Crippen molar-refractivity contribution in [1.29, 1.82) is 0 Å². The number of H-pyrrole nitrogens is 1. The van der Waals surface area contributed by atoms with Crippen LogP contribution in [0.1, 0.15) is 21.9 Å². The molecule has 0 saturated heterocycles. The molecule has 0 fully saturated rings. The van der Waals surface area contributed by atoms with Gasteiger partial charge in [-0.15, -0.1) is 0 Å². The molecular weight excluding hydrogens is 726 g/mol. The number of fused-ring (bicyclic) bond motifs is 8. The van der Waals surface area contributed by atoms with E-state index in [1.54, 1.807) is 0 Å². The molecular formula is C48H29N5Se. The number of nitrogens with one attached hydrogen (secondary N) is 1. The zero-order chi connectivity index (χ0) is 49.5. The van der Waals surface area contributed by atoms with Gasteiger partial charge in [0, 0.05) is 0 Å². The van der Waals surface area contributed by atoms with Crippen molar-refractivity contribution in [2.24, 2.45) is 0 Å². The maximum absolute atomic E-state index is 9.41. The van der Waals surface area contributed by atoms with Crippen LogP contribution in [0.2, 0.25) is 0 Å². The summed E-state index contributed by atoms with van der Waals surface area (Å²) in [5.74, 6) is -0.924. The van der Waals surface area contributed by atoms with Gasteiger partial charge in [-0.2, -0.15) is 0 Å². The number of aromatic nitrogens is 5. The fourth-order valence-electron chi connectivity index (χ4n) is 6.75. The van der Waals surface area contributed by atoms with Crippen LogP contribution >= 0.6 is 0 Å². The Morgan fingerprint density at radius 1 is 0.463 bits per heavy atom. The summed E-state index contributed by atoms with van der Waals surface area (Å²) in [6.07, 6.45) is 0. The third-order valence-corrected chi connectivity index (χ3v) is 11.8. The number of rotatable bonds is 5. The van der Waals surface area contributed by atoms with Crippen LogP contribution in [0.4, 0.5) is 0 Å². The normalized spacial score (nSPS) is 15.9. The van der Waals surface area contributed by atoms with Crippen LogP contribution in [0.5, 0.6) is 0 Å². The molecule has 6 heteroatoms. The minimum atomic E-state index is -1.04. The molecule has 0 aliphatic rings. The van der Waals surface area contributed by atoms with E-state index in [1.807, 2.05) is 72.8 Å². The zero-order valence-electron chi connectivity index (χ0n) is 43.6. The maximum atomic E-state index is 9.41. The van der Waals surface area contributed by atoms with Gasteiger partial charge in [0.15, 0.2) is 0 Å². The Kier molecular flexibility index (Phi) is 4.35. The van der Waals surface area contributed by atoms with Gasteiger partial charge in [-0.3, -0.25) is 0 Å². The fourth-order valence-corrected chi connectivity index (χ4v) is 9.33. The van der Waals surface area contributed by atoms with Gasteiger partial charge in [-0.05, 0) is 0 Å². The molecule has 11 aromatic rings. The minimum absolute atomic E-state index is 0.0127. The van der Waals surface area contributed by atoms with Gasteiger partial charge in [0.05, 0.1) is 0 Å². The third kappa shape index (κ3) is 5.07. The van der Waals surface area contributed by atoms with Gasteiger partial charge in [-0.1, -0.05) is 6.07 Å². The molecule has 0 saturated carbocycles. The van der Waals surface area contributed by atoms with Crippen LogP contribution in [0.25, 0.3) is 109 Å². The van der Waals surface area contributed by atoms with Crippen molar-refractivity contribution in [1.82, 2.24) is 24.9 Å². The second kappa shape index (κ2) is 12.5. The van der Waals surface area contributed by atoms with Crippen LogP contribution in [0, 0.1) is 0 Å². The van der Waals surface area contributed by atoms with Gasteiger partial charge in [0.25, 0.3) is 0 Å². The molecule has 8 aromatic carbocycles. The molecule has 3 aromatic heterocycles. The summed E-state index contributed by atoms with van der Waals surface area (Å²) in [6, 6.07) is 13.1. The molecule has 5 nitrogen and oxygen atoms in total. The summed E-state index contributed by atoms with van der Waals surface area (Å²) >= 11 is -1.04. The Bertz CT molecular complexity index is 4010. The number of nitrogens with zero attached hydrogens (tertiary/aromatic N) is 4. The Hall–Kier alpha value is -6.72. The molecule has 0 spiro atoms. The molecule has 0 bridgehead atoms. The quantitative estimate of drug-likeness (QED) is 0.140. The summed E-state index contributed by atoms with van der Waals surface area (Å²) in [5.41, 5.74) is 1.97. The summed E-state index contributed by atoms with van der Waals surface area (Å²) in [7, 11) is 0. The van der Waals surface area contributed by atoms with Crippen molar-refractivity contribution in [3.05, 3.63) is 169 Å². The van der Waals surface area contributed by atoms with Gasteiger partial charge >= 0.3 is 333 Å². The molecule has 0 radical (unpaired) electrons. The predicted octanol–water partition coefficient (Wildman–Crippen LogP) is 11.8. The predicted molar refractivity (Wildman–Crippen MR) is 224 cm³/mol. The van der Waals surface area contributed by atoms with E-state index in [-0.39, 0.29) is 32.2 Å². The Labute approximate surface area is 338 Å². The first-order chi connectivity index (χ1) is 33.4. The van der Waals surface area contributed by atoms with Crippen molar-refractivity contribution >= 4 is 66.4 Å². The molecule has 0 atom stereocenters. The van der Waals surface area contributed by atoms with Crippen molar-refractivity contribution in [3.8, 4) is 56.7 Å². The Morgan fingerprint density at radius 3 is 1.80 bits per heavy atom. The Balaban J connectivity index is 1.23. The molecule has 1 N–H and O–H groups in total. The van der Waals surface area contributed by atoms with E-state index >= 15 is 0 Å². The Morgan fingerprint density at radius 2 is 1.07 bits per heavy atom. The van der Waals surface area contributed by atoms with E-state index in [0.29, 0.717) is 15.6 Å². The molecule has 252 valence electrons. The van der Waals surface area contributed by atoms with Gasteiger partial charge < -0.3 is 0 Å². The topological polar surface area (TPSA) is 67.3 Å². The van der Waals surface area contributed by atoms with Crippen LogP contribution < -0.4 is 0 Å². The van der Waals surface area contributed by atoms with Crippen LogP contribution in [-0.2, 0) is 0 Å². The molecule has 0 unspecified atom stereocenters. The monoisotopic (exact) mass is 771 g/mol. The number of hydrogen-bond donors (Lipinski definition) is 1. The van der Waals surface area contributed by atoms with Gasteiger partial charge in [0.2, 0.25) is 0 Å². The van der Waals surface area contributed by atoms with Crippen molar-refractivity contribution < 1.29 is 21.9 Å². The second-order valence-electron chi connectivity index (χ2n) is 12.3. The third-order valence-electron chi connectivity index (χ3n) is 9.21. The van der Waals surface area contributed by atoms with E-state index in [2.05, 4.69) is 19.9 Å². The van der Waals surface area contributed by atoms with E-state index in [1.165, 1.54) is 0 Å². The van der Waals surface area contributed by atoms with Gasteiger partial charge in [0.1, 0.15) is 0 Å². The standard InChI is InChI=1S/C48H29N5Se/c1-4-12-31(13-5-1)45-49-40-27-26-30-24-22-29-23-25-34(28-39(29)41(30)42(40)50-45)35-18-10-19-36-37-20-11-21-38(44(37)54-43(35)36)48-52-46(32-14-6-2-7-15-32)51-47(53-48)33-16-8-3-9-17-33/h1-28H,(H,49,50)/i2D,3D,6D,7D,8D,9D,10D,11D,14D,15D,16D,17D,18D,19D,20D,21D. The van der Waals surface area contributed by atoms with E-state index in [0.717, 1.165) is 38.1 Å². The molecule has 3 heterocycles. The van der Waals surface area contributed by atoms with Crippen molar-refractivity contribution in [2.45, 2.75) is 0 Å². The average molecular weight is 771 g/mol. The first-order valence-electron chi connectivity index (χ1n) is 24.7. The first-order valence-corrected chi connectivity index (χ1v) is 18.4.